The molecule has 0 radical (unpaired) electrons. The van der Waals surface area contributed by atoms with Gasteiger partial charge in [-0.15, -0.1) is 0 Å². The van der Waals surface area contributed by atoms with E-state index in [0.717, 1.165) is 57.9 Å². The topological polar surface area (TPSA) is 64.3 Å². The van der Waals surface area contributed by atoms with Crippen molar-refractivity contribution in [2.24, 2.45) is 11.7 Å². The number of hydrogen-bond acceptors (Lipinski definition) is 5. The fourth-order valence-corrected chi connectivity index (χ4v) is 3.33. The monoisotopic (exact) mass is 290 g/mol. The molecule has 0 bridgehead atoms. The van der Waals surface area contributed by atoms with Gasteiger partial charge in [0, 0.05) is 25.0 Å². The molecule has 2 aliphatic rings. The fourth-order valence-electron chi connectivity index (χ4n) is 3.33. The van der Waals surface area contributed by atoms with Crippen LogP contribution in [0.15, 0.2) is 6.20 Å². The van der Waals surface area contributed by atoms with Crippen molar-refractivity contribution in [2.75, 3.05) is 32.8 Å². The zero-order valence-corrected chi connectivity index (χ0v) is 12.9. The van der Waals surface area contributed by atoms with Crippen molar-refractivity contribution < 1.29 is 4.74 Å². The van der Waals surface area contributed by atoms with Crippen molar-refractivity contribution in [1.82, 2.24) is 14.9 Å². The molecule has 0 aromatic carbocycles. The molecule has 0 spiro atoms. The summed E-state index contributed by atoms with van der Waals surface area (Å²) in [5.41, 5.74) is 8.27. The SMILES string of the molecule is CCCN1CCOC(c2ncc3c(n2)CCC(CN)C3)C1. The van der Waals surface area contributed by atoms with E-state index in [2.05, 4.69) is 16.8 Å². The summed E-state index contributed by atoms with van der Waals surface area (Å²) in [6.07, 6.45) is 6.41. The first-order chi connectivity index (χ1) is 10.3. The normalized spacial score (nSPS) is 26.6. The zero-order chi connectivity index (χ0) is 14.7. The van der Waals surface area contributed by atoms with Gasteiger partial charge in [0.2, 0.25) is 0 Å². The first-order valence-corrected chi connectivity index (χ1v) is 8.18. The number of aromatic nitrogens is 2. The van der Waals surface area contributed by atoms with Gasteiger partial charge in [0.25, 0.3) is 0 Å². The van der Waals surface area contributed by atoms with Crippen LogP contribution in [0.2, 0.25) is 0 Å². The summed E-state index contributed by atoms with van der Waals surface area (Å²) in [6.45, 7) is 6.82. The number of morpholine rings is 1. The highest BCUT2D eigenvalue weighted by Gasteiger charge is 2.26. The van der Waals surface area contributed by atoms with Gasteiger partial charge in [-0.1, -0.05) is 6.92 Å². The van der Waals surface area contributed by atoms with Gasteiger partial charge in [0.15, 0.2) is 5.82 Å². The molecule has 2 heterocycles. The minimum atomic E-state index is 0.0304. The Morgan fingerprint density at radius 1 is 1.48 bits per heavy atom. The van der Waals surface area contributed by atoms with Crippen LogP contribution >= 0.6 is 0 Å². The van der Waals surface area contributed by atoms with Crippen molar-refractivity contribution in [3.63, 3.8) is 0 Å². The molecule has 1 fully saturated rings. The van der Waals surface area contributed by atoms with Gasteiger partial charge < -0.3 is 10.5 Å². The summed E-state index contributed by atoms with van der Waals surface area (Å²) in [4.78, 5) is 11.8. The summed E-state index contributed by atoms with van der Waals surface area (Å²) in [7, 11) is 0. The smallest absolute Gasteiger partial charge is 0.158 e. The molecule has 21 heavy (non-hydrogen) atoms. The number of ether oxygens (including phenoxy) is 1. The van der Waals surface area contributed by atoms with Gasteiger partial charge in [-0.25, -0.2) is 9.97 Å². The van der Waals surface area contributed by atoms with Gasteiger partial charge in [-0.3, -0.25) is 4.90 Å². The van der Waals surface area contributed by atoms with E-state index in [0.29, 0.717) is 5.92 Å². The third kappa shape index (κ3) is 3.42. The van der Waals surface area contributed by atoms with Crippen LogP contribution in [-0.4, -0.2) is 47.7 Å². The third-order valence-electron chi connectivity index (χ3n) is 4.58. The van der Waals surface area contributed by atoms with E-state index in [1.165, 1.54) is 17.7 Å². The van der Waals surface area contributed by atoms with Crippen LogP contribution < -0.4 is 5.73 Å². The minimum Gasteiger partial charge on any atom is -0.368 e. The average molecular weight is 290 g/mol. The Hall–Kier alpha value is -1.04. The number of nitrogens with two attached hydrogens (primary N) is 1. The Balaban J connectivity index is 1.72. The molecule has 1 saturated heterocycles. The van der Waals surface area contributed by atoms with Crippen LogP contribution in [0.25, 0.3) is 0 Å². The van der Waals surface area contributed by atoms with Gasteiger partial charge in [0.05, 0.1) is 6.61 Å². The first kappa shape index (κ1) is 14.9. The molecule has 0 amide bonds. The summed E-state index contributed by atoms with van der Waals surface area (Å²) >= 11 is 0. The van der Waals surface area contributed by atoms with Gasteiger partial charge >= 0.3 is 0 Å². The molecule has 2 N–H and O–H groups in total. The van der Waals surface area contributed by atoms with E-state index >= 15 is 0 Å². The van der Waals surface area contributed by atoms with Crippen LogP contribution in [0, 0.1) is 5.92 Å². The number of aryl methyl sites for hydroxylation is 1. The maximum absolute atomic E-state index is 5.89. The predicted molar refractivity (Wildman–Crippen MR) is 82.0 cm³/mol. The Morgan fingerprint density at radius 3 is 3.19 bits per heavy atom. The highest BCUT2D eigenvalue weighted by Crippen LogP contribution is 2.26. The largest absolute Gasteiger partial charge is 0.368 e. The standard InChI is InChI=1S/C16H26N4O/c1-2-5-20-6-7-21-15(11-20)16-18-10-13-8-12(9-17)3-4-14(13)19-16/h10,12,15H,2-9,11,17H2,1H3. The van der Waals surface area contributed by atoms with Gasteiger partial charge in [-0.2, -0.15) is 0 Å². The second-order valence-electron chi connectivity index (χ2n) is 6.20. The molecule has 116 valence electrons. The lowest BCUT2D eigenvalue weighted by Gasteiger charge is -2.32. The summed E-state index contributed by atoms with van der Waals surface area (Å²) in [5, 5.41) is 0. The van der Waals surface area contributed by atoms with E-state index in [9.17, 15) is 0 Å². The maximum atomic E-state index is 5.89. The van der Waals surface area contributed by atoms with Crippen LogP contribution in [0.4, 0.5) is 0 Å². The lowest BCUT2D eigenvalue weighted by atomic mass is 9.87. The van der Waals surface area contributed by atoms with Crippen LogP contribution in [0.5, 0.6) is 0 Å². The quantitative estimate of drug-likeness (QED) is 0.906. The van der Waals surface area contributed by atoms with Crippen molar-refractivity contribution in [3.05, 3.63) is 23.3 Å². The average Bonchev–Trinajstić information content (AvgIpc) is 2.54. The molecular weight excluding hydrogens is 264 g/mol. The number of rotatable bonds is 4. The van der Waals surface area contributed by atoms with E-state index in [1.807, 2.05) is 6.20 Å². The van der Waals surface area contributed by atoms with Crippen molar-refractivity contribution in [1.29, 1.82) is 0 Å². The number of nitrogens with zero attached hydrogens (tertiary/aromatic N) is 3. The van der Waals surface area contributed by atoms with Crippen molar-refractivity contribution >= 4 is 0 Å². The van der Waals surface area contributed by atoms with E-state index in [4.69, 9.17) is 15.5 Å². The van der Waals surface area contributed by atoms with Gasteiger partial charge in [-0.05, 0) is 50.3 Å². The summed E-state index contributed by atoms with van der Waals surface area (Å²) < 4.78 is 5.89. The highest BCUT2D eigenvalue weighted by atomic mass is 16.5. The second kappa shape index (κ2) is 6.81. The summed E-state index contributed by atoms with van der Waals surface area (Å²) in [6, 6.07) is 0. The lowest BCUT2D eigenvalue weighted by molar-refractivity contribution is -0.0343. The van der Waals surface area contributed by atoms with Crippen LogP contribution in [0.3, 0.4) is 0 Å². The highest BCUT2D eigenvalue weighted by molar-refractivity contribution is 5.22. The predicted octanol–water partition coefficient (Wildman–Crippen LogP) is 1.32. The Morgan fingerprint density at radius 2 is 2.38 bits per heavy atom. The molecule has 1 aromatic heterocycles. The van der Waals surface area contributed by atoms with E-state index < -0.39 is 0 Å². The molecule has 2 atom stereocenters. The summed E-state index contributed by atoms with van der Waals surface area (Å²) in [5.74, 6) is 1.46. The lowest BCUT2D eigenvalue weighted by Crippen LogP contribution is -2.39. The van der Waals surface area contributed by atoms with Gasteiger partial charge in [0.1, 0.15) is 6.10 Å². The Kier molecular flexibility index (Phi) is 4.83. The van der Waals surface area contributed by atoms with E-state index in [1.54, 1.807) is 0 Å². The molecular formula is C16H26N4O. The maximum Gasteiger partial charge on any atom is 0.158 e. The third-order valence-corrected chi connectivity index (χ3v) is 4.58. The molecule has 2 unspecified atom stereocenters. The zero-order valence-electron chi connectivity index (χ0n) is 12.9. The molecule has 5 nitrogen and oxygen atoms in total. The van der Waals surface area contributed by atoms with Crippen LogP contribution in [-0.2, 0) is 17.6 Å². The number of hydrogen-bond donors (Lipinski definition) is 1. The van der Waals surface area contributed by atoms with Crippen molar-refractivity contribution in [2.45, 2.75) is 38.7 Å². The Bertz CT molecular complexity index is 477. The number of fused-ring (bicyclic) bond motifs is 1. The molecule has 5 heteroatoms. The molecule has 0 saturated carbocycles. The first-order valence-electron chi connectivity index (χ1n) is 8.18. The second-order valence-corrected chi connectivity index (χ2v) is 6.20. The van der Waals surface area contributed by atoms with Crippen molar-refractivity contribution in [3.8, 4) is 0 Å². The molecule has 1 aromatic rings. The fraction of sp³-hybridized carbons (Fsp3) is 0.750. The van der Waals surface area contributed by atoms with Crippen LogP contribution in [0.1, 0.15) is 43.0 Å². The molecule has 3 rings (SSSR count). The van der Waals surface area contributed by atoms with E-state index in [-0.39, 0.29) is 6.10 Å². The minimum absolute atomic E-state index is 0.0304. The Labute approximate surface area is 126 Å². The molecule has 1 aliphatic carbocycles. The molecule has 1 aliphatic heterocycles.